The lowest BCUT2D eigenvalue weighted by atomic mass is 10.1. The topological polar surface area (TPSA) is 24.5 Å². The molecule has 1 saturated carbocycles. The van der Waals surface area contributed by atoms with Crippen LogP contribution in [0.15, 0.2) is 0 Å². The first-order valence-corrected chi connectivity index (χ1v) is 6.88. The van der Waals surface area contributed by atoms with E-state index in [9.17, 15) is 0 Å². The molecule has 2 unspecified atom stereocenters. The Balaban J connectivity index is 1.64. The molecular formula is C13H26N2O. The molecule has 0 spiro atoms. The summed E-state index contributed by atoms with van der Waals surface area (Å²) in [7, 11) is 0. The van der Waals surface area contributed by atoms with Gasteiger partial charge in [-0.2, -0.15) is 0 Å². The minimum absolute atomic E-state index is 0.465. The standard InChI is InChI=1S/C13H26N2O/c1-3-13-10-15(8-9-16-13)11(2)6-7-14-12-4-5-12/h11-14H,3-10H2,1-2H3. The minimum Gasteiger partial charge on any atom is -0.376 e. The molecule has 0 amide bonds. The number of hydrogen-bond acceptors (Lipinski definition) is 3. The highest BCUT2D eigenvalue weighted by molar-refractivity contribution is 4.82. The molecule has 1 saturated heterocycles. The SMILES string of the molecule is CCC1CN(C(C)CCNC2CC2)CCO1. The van der Waals surface area contributed by atoms with E-state index in [1.54, 1.807) is 0 Å². The fourth-order valence-electron chi connectivity index (χ4n) is 2.36. The van der Waals surface area contributed by atoms with Crippen molar-refractivity contribution in [2.75, 3.05) is 26.2 Å². The van der Waals surface area contributed by atoms with Crippen molar-refractivity contribution in [3.05, 3.63) is 0 Å². The summed E-state index contributed by atoms with van der Waals surface area (Å²) in [6.45, 7) is 8.90. The first-order valence-electron chi connectivity index (χ1n) is 6.88. The Morgan fingerprint density at radius 3 is 2.94 bits per heavy atom. The highest BCUT2D eigenvalue weighted by atomic mass is 16.5. The van der Waals surface area contributed by atoms with Gasteiger partial charge >= 0.3 is 0 Å². The van der Waals surface area contributed by atoms with E-state index in [4.69, 9.17) is 4.74 Å². The molecule has 0 bridgehead atoms. The maximum atomic E-state index is 5.70. The van der Waals surface area contributed by atoms with Crippen LogP contribution < -0.4 is 5.32 Å². The van der Waals surface area contributed by atoms with Crippen LogP contribution in [0.3, 0.4) is 0 Å². The summed E-state index contributed by atoms with van der Waals surface area (Å²) in [4.78, 5) is 2.59. The van der Waals surface area contributed by atoms with Crippen LogP contribution in [0.25, 0.3) is 0 Å². The molecule has 0 aromatic rings. The summed E-state index contributed by atoms with van der Waals surface area (Å²) in [6.07, 6.45) is 5.66. The third-order valence-corrected chi connectivity index (χ3v) is 3.82. The third-order valence-electron chi connectivity index (χ3n) is 3.82. The van der Waals surface area contributed by atoms with Crippen molar-refractivity contribution in [1.82, 2.24) is 10.2 Å². The van der Waals surface area contributed by atoms with Gasteiger partial charge in [0.1, 0.15) is 0 Å². The molecule has 1 heterocycles. The smallest absolute Gasteiger partial charge is 0.0700 e. The average Bonchev–Trinajstić information content (AvgIpc) is 3.13. The Bertz CT molecular complexity index is 206. The second-order valence-corrected chi connectivity index (χ2v) is 5.26. The molecule has 2 fully saturated rings. The zero-order chi connectivity index (χ0) is 11.4. The fraction of sp³-hybridized carbons (Fsp3) is 1.00. The molecular weight excluding hydrogens is 200 g/mol. The number of ether oxygens (including phenoxy) is 1. The van der Waals surface area contributed by atoms with Crippen molar-refractivity contribution in [2.24, 2.45) is 0 Å². The molecule has 2 aliphatic rings. The van der Waals surface area contributed by atoms with E-state index in [2.05, 4.69) is 24.1 Å². The van der Waals surface area contributed by atoms with Gasteiger partial charge < -0.3 is 10.1 Å². The zero-order valence-corrected chi connectivity index (χ0v) is 10.7. The molecule has 3 nitrogen and oxygen atoms in total. The van der Waals surface area contributed by atoms with Crippen molar-refractivity contribution in [3.63, 3.8) is 0 Å². The van der Waals surface area contributed by atoms with Gasteiger partial charge in [-0.15, -0.1) is 0 Å². The van der Waals surface area contributed by atoms with Gasteiger partial charge in [-0.05, 0) is 39.2 Å². The van der Waals surface area contributed by atoms with Crippen LogP contribution in [0.1, 0.15) is 39.5 Å². The lowest BCUT2D eigenvalue weighted by Gasteiger charge is -2.36. The van der Waals surface area contributed by atoms with E-state index in [1.807, 2.05) is 0 Å². The minimum atomic E-state index is 0.465. The Morgan fingerprint density at radius 2 is 2.25 bits per heavy atom. The van der Waals surface area contributed by atoms with Crippen LogP contribution in [-0.2, 0) is 4.74 Å². The van der Waals surface area contributed by atoms with Gasteiger partial charge in [-0.25, -0.2) is 0 Å². The summed E-state index contributed by atoms with van der Waals surface area (Å²) >= 11 is 0. The van der Waals surface area contributed by atoms with Crippen LogP contribution >= 0.6 is 0 Å². The fourth-order valence-corrected chi connectivity index (χ4v) is 2.36. The monoisotopic (exact) mass is 226 g/mol. The van der Waals surface area contributed by atoms with Crippen molar-refractivity contribution in [2.45, 2.75) is 57.7 Å². The largest absolute Gasteiger partial charge is 0.376 e. The second kappa shape index (κ2) is 5.99. The molecule has 1 N–H and O–H groups in total. The van der Waals surface area contributed by atoms with E-state index in [0.29, 0.717) is 12.1 Å². The highest BCUT2D eigenvalue weighted by Gasteiger charge is 2.24. The van der Waals surface area contributed by atoms with E-state index in [0.717, 1.165) is 32.2 Å². The number of morpholine rings is 1. The normalized spacial score (nSPS) is 29.2. The number of nitrogens with zero attached hydrogens (tertiary/aromatic N) is 1. The Kier molecular flexibility index (Phi) is 4.62. The van der Waals surface area contributed by atoms with E-state index >= 15 is 0 Å². The van der Waals surface area contributed by atoms with E-state index in [-0.39, 0.29) is 0 Å². The quantitative estimate of drug-likeness (QED) is 0.745. The van der Waals surface area contributed by atoms with Gasteiger partial charge in [0.05, 0.1) is 12.7 Å². The highest BCUT2D eigenvalue weighted by Crippen LogP contribution is 2.19. The summed E-state index contributed by atoms with van der Waals surface area (Å²) in [6, 6.07) is 1.55. The first kappa shape index (κ1) is 12.3. The second-order valence-electron chi connectivity index (χ2n) is 5.26. The van der Waals surface area contributed by atoms with Gasteiger partial charge in [0, 0.05) is 25.2 Å². The van der Waals surface area contributed by atoms with Gasteiger partial charge in [0.2, 0.25) is 0 Å². The Morgan fingerprint density at radius 1 is 1.44 bits per heavy atom. The Hall–Kier alpha value is -0.120. The van der Waals surface area contributed by atoms with Crippen LogP contribution in [0.2, 0.25) is 0 Å². The zero-order valence-electron chi connectivity index (χ0n) is 10.7. The molecule has 2 rings (SSSR count). The van der Waals surface area contributed by atoms with Crippen LogP contribution in [0.5, 0.6) is 0 Å². The molecule has 2 atom stereocenters. The lowest BCUT2D eigenvalue weighted by molar-refractivity contribution is -0.0428. The molecule has 1 aliphatic carbocycles. The van der Waals surface area contributed by atoms with Crippen molar-refractivity contribution < 1.29 is 4.74 Å². The summed E-state index contributed by atoms with van der Waals surface area (Å²) in [5, 5.41) is 3.59. The molecule has 0 radical (unpaired) electrons. The van der Waals surface area contributed by atoms with Crippen LogP contribution in [0.4, 0.5) is 0 Å². The van der Waals surface area contributed by atoms with Gasteiger partial charge in [0.25, 0.3) is 0 Å². The Labute approximate surface area is 99.5 Å². The predicted molar refractivity (Wildman–Crippen MR) is 66.7 cm³/mol. The maximum Gasteiger partial charge on any atom is 0.0700 e. The molecule has 16 heavy (non-hydrogen) atoms. The van der Waals surface area contributed by atoms with Gasteiger partial charge in [-0.1, -0.05) is 6.92 Å². The van der Waals surface area contributed by atoms with Gasteiger partial charge in [-0.3, -0.25) is 4.90 Å². The number of rotatable bonds is 6. The summed E-state index contributed by atoms with van der Waals surface area (Å²) < 4.78 is 5.70. The number of hydrogen-bond donors (Lipinski definition) is 1. The summed E-state index contributed by atoms with van der Waals surface area (Å²) in [5.74, 6) is 0. The van der Waals surface area contributed by atoms with E-state index < -0.39 is 0 Å². The maximum absolute atomic E-state index is 5.70. The summed E-state index contributed by atoms with van der Waals surface area (Å²) in [5.41, 5.74) is 0. The molecule has 94 valence electrons. The van der Waals surface area contributed by atoms with Crippen molar-refractivity contribution in [3.8, 4) is 0 Å². The van der Waals surface area contributed by atoms with Crippen molar-refractivity contribution in [1.29, 1.82) is 0 Å². The lowest BCUT2D eigenvalue weighted by Crippen LogP contribution is -2.47. The van der Waals surface area contributed by atoms with Gasteiger partial charge in [0.15, 0.2) is 0 Å². The predicted octanol–water partition coefficient (Wildman–Crippen LogP) is 1.63. The van der Waals surface area contributed by atoms with Crippen molar-refractivity contribution >= 4 is 0 Å². The van der Waals surface area contributed by atoms with E-state index in [1.165, 1.54) is 25.8 Å². The average molecular weight is 226 g/mol. The van der Waals surface area contributed by atoms with Crippen LogP contribution in [-0.4, -0.2) is 49.3 Å². The first-order chi connectivity index (χ1) is 7.79. The third kappa shape index (κ3) is 3.72. The molecule has 1 aliphatic heterocycles. The number of nitrogens with one attached hydrogen (secondary N) is 1. The van der Waals surface area contributed by atoms with Crippen LogP contribution in [0, 0.1) is 0 Å². The molecule has 3 heteroatoms. The molecule has 0 aromatic carbocycles. The molecule has 0 aromatic heterocycles.